The number of para-hydroxylation sites is 2. The smallest absolute Gasteiger partial charge is 0.255 e. The quantitative estimate of drug-likeness (QED) is 0.0670. The molecule has 1 aliphatic heterocycles. The molecule has 7 atom stereocenters. The van der Waals surface area contributed by atoms with E-state index in [4.69, 9.17) is 11.5 Å². The van der Waals surface area contributed by atoms with Crippen LogP contribution in [0.4, 0.5) is 0 Å². The first-order valence-corrected chi connectivity index (χ1v) is 22.6. The Labute approximate surface area is 394 Å². The maximum Gasteiger partial charge on any atom is 0.255 e. The van der Waals surface area contributed by atoms with E-state index in [9.17, 15) is 33.6 Å². The molecular weight excluding hydrogens is 867 g/mol. The van der Waals surface area contributed by atoms with Crippen LogP contribution >= 0.6 is 0 Å². The molecule has 12 N–H and O–H groups in total. The molecule has 3 aromatic carbocycles. The standard InChI is InChI=1S/C50H59N11O7/c1-4-22-61-23-13-12-20-39(44(52)62)56-49(67)41(25-32-14-6-5-7-15-32)59-50(68)43(27-34-29-54-38-19-11-9-17-36(34)38)58-46(64)31(3)55-48(66)42(26-33-28-53-37-18-10-8-16-35(33)37)60-47(65)40(21-24-61)57-45(63)30(2)51/h4-11,14-19,28-31,39-43,53-54H,1,12-13,20,22-23,25-27,51H2,2-3H3,(H2,52,62)(H,55,66)(H,56,67)(H,57,63)(H,58,64)(H,59,68)(H,60,65)/t30-,31-,39-,40-,41+,42+,43-/m0/s1. The van der Waals surface area contributed by atoms with Crippen molar-refractivity contribution in [2.45, 2.75) is 94.7 Å². The van der Waals surface area contributed by atoms with Gasteiger partial charge in [0.05, 0.1) is 6.04 Å². The molecule has 5 aromatic rings. The van der Waals surface area contributed by atoms with Crippen LogP contribution in [0.1, 0.15) is 49.8 Å². The van der Waals surface area contributed by atoms with E-state index >= 15 is 0 Å². The molecule has 0 saturated carbocycles. The predicted molar refractivity (Wildman–Crippen MR) is 258 cm³/mol. The Balaban J connectivity index is 1.37. The number of hydrogen-bond acceptors (Lipinski definition) is 9. The summed E-state index contributed by atoms with van der Waals surface area (Å²) >= 11 is 0. The van der Waals surface area contributed by atoms with Crippen LogP contribution < -0.4 is 43.4 Å². The Bertz CT molecular complexity index is 2680. The molecule has 0 spiro atoms. The highest BCUT2D eigenvalue weighted by Gasteiger charge is 2.33. The highest BCUT2D eigenvalue weighted by atomic mass is 16.2. The molecule has 3 heterocycles. The molecule has 0 saturated heterocycles. The zero-order chi connectivity index (χ0) is 48.7. The number of hydrogen-bond donors (Lipinski definition) is 10. The number of carbonyl (C=O) groups excluding carboxylic acids is 7. The molecule has 356 valence electrons. The van der Waals surface area contributed by atoms with Gasteiger partial charge in [-0.1, -0.05) is 72.8 Å². The number of aromatic nitrogens is 2. The van der Waals surface area contributed by atoms with E-state index in [1.807, 2.05) is 54.6 Å². The molecule has 68 heavy (non-hydrogen) atoms. The highest BCUT2D eigenvalue weighted by molar-refractivity contribution is 5.98. The molecular formula is C50H59N11O7. The summed E-state index contributed by atoms with van der Waals surface area (Å²) in [6.45, 7) is 7.27. The first kappa shape index (κ1) is 49.5. The van der Waals surface area contributed by atoms with Crippen molar-refractivity contribution in [3.63, 3.8) is 0 Å². The summed E-state index contributed by atoms with van der Waals surface area (Å²) in [5.41, 5.74) is 15.4. The summed E-state index contributed by atoms with van der Waals surface area (Å²) in [4.78, 5) is 105. The summed E-state index contributed by atoms with van der Waals surface area (Å²) in [6.07, 6.45) is 6.02. The number of aromatic amines is 2. The van der Waals surface area contributed by atoms with Gasteiger partial charge in [-0.3, -0.25) is 33.6 Å². The summed E-state index contributed by atoms with van der Waals surface area (Å²) in [5.74, 6) is -2.32. The lowest BCUT2D eigenvalue weighted by Crippen LogP contribution is -2.60. The number of nitrogens with zero attached hydrogens (tertiary/aromatic N) is 1. The predicted octanol–water partition coefficient (Wildman–Crippen LogP) is 1.07. The lowest BCUT2D eigenvalue weighted by molar-refractivity contribution is -0.135. The van der Waals surface area contributed by atoms with Gasteiger partial charge in [-0.25, -0.2) is 0 Å². The van der Waals surface area contributed by atoms with E-state index in [1.54, 1.807) is 47.6 Å². The van der Waals surface area contributed by atoms with Crippen LogP contribution in [-0.4, -0.2) is 112 Å². The van der Waals surface area contributed by atoms with Crippen LogP contribution in [0.2, 0.25) is 0 Å². The molecule has 0 radical (unpaired) electrons. The van der Waals surface area contributed by atoms with Gasteiger partial charge >= 0.3 is 0 Å². The van der Waals surface area contributed by atoms with Gasteiger partial charge in [-0.15, -0.1) is 6.58 Å². The third kappa shape index (κ3) is 13.3. The van der Waals surface area contributed by atoms with Crippen molar-refractivity contribution in [1.82, 2.24) is 46.8 Å². The van der Waals surface area contributed by atoms with E-state index in [0.717, 1.165) is 21.8 Å². The van der Waals surface area contributed by atoms with Gasteiger partial charge in [-0.2, -0.15) is 0 Å². The number of nitrogens with two attached hydrogens (primary N) is 2. The molecule has 18 heteroatoms. The van der Waals surface area contributed by atoms with E-state index in [2.05, 4.69) is 60.4 Å². The average Bonchev–Trinajstić information content (AvgIpc) is 3.93. The zero-order valence-electron chi connectivity index (χ0n) is 38.1. The van der Waals surface area contributed by atoms with Gasteiger partial charge < -0.3 is 58.2 Å². The maximum absolute atomic E-state index is 14.5. The first-order chi connectivity index (χ1) is 32.7. The third-order valence-corrected chi connectivity index (χ3v) is 11.6. The number of benzene rings is 3. The zero-order valence-corrected chi connectivity index (χ0v) is 38.1. The highest BCUT2D eigenvalue weighted by Crippen LogP contribution is 2.21. The second-order valence-electron chi connectivity index (χ2n) is 16.9. The van der Waals surface area contributed by atoms with Gasteiger partial charge in [0.25, 0.3) is 5.91 Å². The second kappa shape index (κ2) is 23.5. The SMILES string of the molecule is C=CCN1C#C[C@H](NC(=O)[C@H](C)N)C(=O)N[C@H](Cc2c[nH]c3ccccc23)C(=O)N[C@@H](C)C(=O)N[C@@H](Cc2c[nH]c3ccccc23)C(=O)N[C@H](Cc2ccccc2)C(=O)N[C@H](C(N)=O)CCCC1. The van der Waals surface area contributed by atoms with Gasteiger partial charge in [0.2, 0.25) is 35.4 Å². The minimum absolute atomic E-state index is 0.0243. The Hall–Kier alpha value is -7.91. The van der Waals surface area contributed by atoms with Gasteiger partial charge in [0.1, 0.15) is 30.2 Å². The molecule has 6 rings (SSSR count). The molecule has 0 fully saturated rings. The van der Waals surface area contributed by atoms with Crippen LogP contribution in [-0.2, 0) is 52.8 Å². The van der Waals surface area contributed by atoms with Crippen molar-refractivity contribution in [2.75, 3.05) is 13.1 Å². The largest absolute Gasteiger partial charge is 0.368 e. The van der Waals surface area contributed by atoms with Crippen molar-refractivity contribution in [3.8, 4) is 12.0 Å². The van der Waals surface area contributed by atoms with E-state index < -0.39 is 83.6 Å². The molecule has 1 aliphatic rings. The van der Waals surface area contributed by atoms with Crippen molar-refractivity contribution in [1.29, 1.82) is 0 Å². The molecule has 2 aromatic heterocycles. The van der Waals surface area contributed by atoms with Crippen molar-refractivity contribution in [2.24, 2.45) is 11.5 Å². The lowest BCUT2D eigenvalue weighted by atomic mass is 10.0. The summed E-state index contributed by atoms with van der Waals surface area (Å²) in [6, 6.07) is 18.1. The minimum Gasteiger partial charge on any atom is -0.368 e. The van der Waals surface area contributed by atoms with E-state index in [1.165, 1.54) is 13.8 Å². The normalized spacial score (nSPS) is 22.0. The summed E-state index contributed by atoms with van der Waals surface area (Å²) in [7, 11) is 0. The second-order valence-corrected chi connectivity index (χ2v) is 16.9. The number of primary amides is 1. The number of nitrogens with one attached hydrogen (secondary N) is 8. The van der Waals surface area contributed by atoms with Crippen molar-refractivity contribution in [3.05, 3.63) is 121 Å². The van der Waals surface area contributed by atoms with Crippen LogP contribution in [0.3, 0.4) is 0 Å². The third-order valence-electron chi connectivity index (χ3n) is 11.6. The van der Waals surface area contributed by atoms with E-state index in [0.29, 0.717) is 36.1 Å². The van der Waals surface area contributed by atoms with Crippen LogP contribution in [0.5, 0.6) is 0 Å². The molecule has 18 nitrogen and oxygen atoms in total. The maximum atomic E-state index is 14.5. The Morgan fingerprint density at radius 3 is 1.85 bits per heavy atom. The van der Waals surface area contributed by atoms with E-state index in [-0.39, 0.29) is 32.2 Å². The molecule has 0 bridgehead atoms. The lowest BCUT2D eigenvalue weighted by Gasteiger charge is -2.26. The number of rotatable bonds is 11. The Kier molecular flexibility index (Phi) is 17.1. The average molecular weight is 926 g/mol. The monoisotopic (exact) mass is 925 g/mol. The van der Waals surface area contributed by atoms with Gasteiger partial charge in [0.15, 0.2) is 6.04 Å². The van der Waals surface area contributed by atoms with Crippen LogP contribution in [0, 0.1) is 12.0 Å². The number of carbonyl (C=O) groups is 7. The fraction of sp³-hybridized carbons (Fsp3) is 0.340. The molecule has 0 aliphatic carbocycles. The van der Waals surface area contributed by atoms with Gasteiger partial charge in [-0.05, 0) is 67.9 Å². The van der Waals surface area contributed by atoms with Crippen molar-refractivity contribution >= 4 is 63.2 Å². The number of fused-ring (bicyclic) bond motifs is 2. The fourth-order valence-electron chi connectivity index (χ4n) is 7.88. The van der Waals surface area contributed by atoms with Gasteiger partial charge in [0, 0.05) is 72.6 Å². The van der Waals surface area contributed by atoms with Crippen LogP contribution in [0.25, 0.3) is 21.8 Å². The first-order valence-electron chi connectivity index (χ1n) is 22.6. The van der Waals surface area contributed by atoms with Crippen molar-refractivity contribution < 1.29 is 33.6 Å². The minimum atomic E-state index is -1.48. The molecule has 0 unspecified atom stereocenters. The fourth-order valence-corrected chi connectivity index (χ4v) is 7.88. The summed E-state index contributed by atoms with van der Waals surface area (Å²) in [5, 5.41) is 18.0. The van der Waals surface area contributed by atoms with Crippen LogP contribution in [0.15, 0.2) is 104 Å². The topological polar surface area (TPSA) is 279 Å². The number of amides is 7. The number of H-pyrrole nitrogens is 2. The Morgan fingerprint density at radius 1 is 0.735 bits per heavy atom. The summed E-state index contributed by atoms with van der Waals surface area (Å²) < 4.78 is 0. The Morgan fingerprint density at radius 2 is 1.26 bits per heavy atom. The molecule has 7 amide bonds.